The van der Waals surface area contributed by atoms with Gasteiger partial charge in [0.2, 0.25) is 0 Å². The standard InChI is InChI=1S/C16H32N4S/c1-8-17-10-14-15(12(3)4)18-16(21-14)20(9-2)13(5)11-19(6)7/h12-13,17H,8-11H2,1-7H3. The summed E-state index contributed by atoms with van der Waals surface area (Å²) in [5, 5.41) is 4.61. The number of likely N-dealkylation sites (N-methyl/N-ethyl adjacent to an activating group) is 2. The summed E-state index contributed by atoms with van der Waals surface area (Å²) in [5.74, 6) is 0.478. The lowest BCUT2D eigenvalue weighted by Crippen LogP contribution is -2.40. The van der Waals surface area contributed by atoms with Crippen molar-refractivity contribution in [2.24, 2.45) is 0 Å². The number of anilines is 1. The molecule has 1 aromatic heterocycles. The first-order valence-electron chi connectivity index (χ1n) is 8.02. The Hall–Kier alpha value is -0.650. The fourth-order valence-electron chi connectivity index (χ4n) is 2.55. The second-order valence-electron chi connectivity index (χ2n) is 6.14. The van der Waals surface area contributed by atoms with E-state index in [1.807, 2.05) is 11.3 Å². The molecule has 0 aliphatic rings. The highest BCUT2D eigenvalue weighted by Gasteiger charge is 2.21. The molecule has 0 bridgehead atoms. The highest BCUT2D eigenvalue weighted by atomic mass is 32.1. The van der Waals surface area contributed by atoms with Crippen LogP contribution in [0.15, 0.2) is 0 Å². The van der Waals surface area contributed by atoms with Gasteiger partial charge >= 0.3 is 0 Å². The summed E-state index contributed by atoms with van der Waals surface area (Å²) >= 11 is 1.85. The molecule has 1 aromatic rings. The van der Waals surface area contributed by atoms with E-state index in [9.17, 15) is 0 Å². The van der Waals surface area contributed by atoms with Crippen molar-refractivity contribution in [1.29, 1.82) is 0 Å². The molecule has 1 N–H and O–H groups in total. The molecule has 0 aliphatic heterocycles. The summed E-state index contributed by atoms with van der Waals surface area (Å²) in [4.78, 5) is 11.0. The van der Waals surface area contributed by atoms with Crippen LogP contribution in [-0.2, 0) is 6.54 Å². The number of hydrogen-bond donors (Lipinski definition) is 1. The SMILES string of the molecule is CCNCc1sc(N(CC)C(C)CN(C)C)nc1C(C)C. The molecule has 21 heavy (non-hydrogen) atoms. The Balaban J connectivity index is 2.98. The van der Waals surface area contributed by atoms with E-state index in [4.69, 9.17) is 4.98 Å². The quantitative estimate of drug-likeness (QED) is 0.759. The van der Waals surface area contributed by atoms with Crippen LogP contribution in [0.4, 0.5) is 5.13 Å². The molecule has 0 saturated heterocycles. The Morgan fingerprint density at radius 2 is 1.86 bits per heavy atom. The van der Waals surface area contributed by atoms with Gasteiger partial charge in [0.1, 0.15) is 0 Å². The average molecular weight is 313 g/mol. The molecule has 0 spiro atoms. The van der Waals surface area contributed by atoms with Gasteiger partial charge in [0.15, 0.2) is 5.13 Å². The monoisotopic (exact) mass is 312 g/mol. The minimum absolute atomic E-state index is 0.475. The minimum Gasteiger partial charge on any atom is -0.344 e. The average Bonchev–Trinajstić information content (AvgIpc) is 2.80. The summed E-state index contributed by atoms with van der Waals surface area (Å²) in [5.41, 5.74) is 1.26. The maximum absolute atomic E-state index is 4.95. The van der Waals surface area contributed by atoms with Gasteiger partial charge in [0, 0.05) is 30.6 Å². The lowest BCUT2D eigenvalue weighted by atomic mass is 10.1. The number of thiazole rings is 1. The lowest BCUT2D eigenvalue weighted by Gasteiger charge is -2.29. The van der Waals surface area contributed by atoms with Gasteiger partial charge in [-0.25, -0.2) is 4.98 Å². The summed E-state index contributed by atoms with van der Waals surface area (Å²) in [6, 6.07) is 0.475. The van der Waals surface area contributed by atoms with Crippen molar-refractivity contribution in [3.8, 4) is 0 Å². The van der Waals surface area contributed by atoms with Crippen molar-refractivity contribution in [3.05, 3.63) is 10.6 Å². The number of rotatable bonds is 9. The number of aromatic nitrogens is 1. The predicted molar refractivity (Wildman–Crippen MR) is 94.6 cm³/mol. The molecule has 0 radical (unpaired) electrons. The van der Waals surface area contributed by atoms with E-state index in [0.717, 1.165) is 26.2 Å². The van der Waals surface area contributed by atoms with Crippen LogP contribution in [0.2, 0.25) is 0 Å². The maximum Gasteiger partial charge on any atom is 0.186 e. The highest BCUT2D eigenvalue weighted by molar-refractivity contribution is 7.15. The first kappa shape index (κ1) is 18.4. The van der Waals surface area contributed by atoms with Crippen LogP contribution < -0.4 is 10.2 Å². The second kappa shape index (κ2) is 8.71. The third-order valence-corrected chi connectivity index (χ3v) is 4.65. The number of nitrogens with one attached hydrogen (secondary N) is 1. The molecule has 0 fully saturated rings. The molecule has 5 heteroatoms. The summed E-state index contributed by atoms with van der Waals surface area (Å²) in [6.45, 7) is 15.1. The summed E-state index contributed by atoms with van der Waals surface area (Å²) in [6.07, 6.45) is 0. The molecular formula is C16H32N4S. The fraction of sp³-hybridized carbons (Fsp3) is 0.812. The van der Waals surface area contributed by atoms with Crippen LogP contribution in [0, 0.1) is 0 Å². The molecule has 1 unspecified atom stereocenters. The van der Waals surface area contributed by atoms with Crippen molar-refractivity contribution in [2.45, 2.75) is 53.1 Å². The predicted octanol–water partition coefficient (Wildman–Crippen LogP) is 3.15. The normalized spacial score (nSPS) is 13.2. The van der Waals surface area contributed by atoms with E-state index in [1.165, 1.54) is 15.7 Å². The van der Waals surface area contributed by atoms with Crippen molar-refractivity contribution in [3.63, 3.8) is 0 Å². The van der Waals surface area contributed by atoms with E-state index >= 15 is 0 Å². The van der Waals surface area contributed by atoms with Crippen LogP contribution in [0.5, 0.6) is 0 Å². The molecule has 4 nitrogen and oxygen atoms in total. The van der Waals surface area contributed by atoms with Crippen LogP contribution in [-0.4, -0.2) is 49.7 Å². The minimum atomic E-state index is 0.475. The van der Waals surface area contributed by atoms with Crippen LogP contribution in [0.3, 0.4) is 0 Å². The van der Waals surface area contributed by atoms with E-state index in [-0.39, 0.29) is 0 Å². The second-order valence-corrected chi connectivity index (χ2v) is 7.20. The number of hydrogen-bond acceptors (Lipinski definition) is 5. The van der Waals surface area contributed by atoms with Gasteiger partial charge in [-0.15, -0.1) is 11.3 Å². The zero-order valence-electron chi connectivity index (χ0n) is 14.7. The topological polar surface area (TPSA) is 31.4 Å². The van der Waals surface area contributed by atoms with Gasteiger partial charge in [0.05, 0.1) is 5.69 Å². The first-order valence-corrected chi connectivity index (χ1v) is 8.83. The van der Waals surface area contributed by atoms with Crippen molar-refractivity contribution in [1.82, 2.24) is 15.2 Å². The Morgan fingerprint density at radius 1 is 1.19 bits per heavy atom. The van der Waals surface area contributed by atoms with Gasteiger partial charge in [-0.3, -0.25) is 0 Å². The summed E-state index contributed by atoms with van der Waals surface area (Å²) in [7, 11) is 4.25. The molecule has 0 saturated carbocycles. The molecular weight excluding hydrogens is 280 g/mol. The van der Waals surface area contributed by atoms with Crippen LogP contribution >= 0.6 is 11.3 Å². The van der Waals surface area contributed by atoms with Gasteiger partial charge in [-0.2, -0.15) is 0 Å². The molecule has 1 rings (SSSR count). The Labute approximate surface area is 134 Å². The maximum atomic E-state index is 4.95. The summed E-state index contributed by atoms with van der Waals surface area (Å²) < 4.78 is 0. The zero-order chi connectivity index (χ0) is 16.0. The van der Waals surface area contributed by atoms with Crippen molar-refractivity contribution < 1.29 is 0 Å². The van der Waals surface area contributed by atoms with Crippen LogP contribution in [0.25, 0.3) is 0 Å². The van der Waals surface area contributed by atoms with E-state index < -0.39 is 0 Å². The van der Waals surface area contributed by atoms with E-state index in [2.05, 4.69) is 63.8 Å². The van der Waals surface area contributed by atoms with Crippen molar-refractivity contribution >= 4 is 16.5 Å². The molecule has 1 heterocycles. The third-order valence-electron chi connectivity index (χ3n) is 3.55. The Morgan fingerprint density at radius 3 is 2.33 bits per heavy atom. The fourth-order valence-corrected chi connectivity index (χ4v) is 3.90. The first-order chi connectivity index (χ1) is 9.90. The van der Waals surface area contributed by atoms with E-state index in [0.29, 0.717) is 12.0 Å². The Bertz CT molecular complexity index is 414. The van der Waals surface area contributed by atoms with E-state index in [1.54, 1.807) is 0 Å². The lowest BCUT2D eigenvalue weighted by molar-refractivity contribution is 0.373. The largest absolute Gasteiger partial charge is 0.344 e. The van der Waals surface area contributed by atoms with Gasteiger partial charge in [0.25, 0.3) is 0 Å². The Kier molecular flexibility index (Phi) is 7.63. The number of nitrogens with zero attached hydrogens (tertiary/aromatic N) is 3. The molecule has 122 valence electrons. The van der Waals surface area contributed by atoms with Gasteiger partial charge < -0.3 is 15.1 Å². The highest BCUT2D eigenvalue weighted by Crippen LogP contribution is 2.31. The molecule has 0 aromatic carbocycles. The molecule has 1 atom stereocenters. The van der Waals surface area contributed by atoms with Crippen LogP contribution in [0.1, 0.15) is 51.1 Å². The van der Waals surface area contributed by atoms with Gasteiger partial charge in [-0.1, -0.05) is 20.8 Å². The van der Waals surface area contributed by atoms with Crippen molar-refractivity contribution in [2.75, 3.05) is 38.6 Å². The zero-order valence-corrected chi connectivity index (χ0v) is 15.5. The van der Waals surface area contributed by atoms with Gasteiger partial charge in [-0.05, 0) is 40.4 Å². The molecule has 0 aliphatic carbocycles. The molecule has 0 amide bonds. The smallest absolute Gasteiger partial charge is 0.186 e. The third kappa shape index (κ3) is 5.24.